The predicted octanol–water partition coefficient (Wildman–Crippen LogP) is 1.57. The Hall–Kier alpha value is -2.62. The summed E-state index contributed by atoms with van der Waals surface area (Å²) in [6.07, 6.45) is 1.07. The second-order valence-corrected chi connectivity index (χ2v) is 8.90. The number of nitrogens with two attached hydrogens (primary N) is 1. The number of primary sulfonamides is 1. The largest absolute Gasteiger partial charge is 0.496 e. The number of sulfonamides is 1. The van der Waals surface area contributed by atoms with Gasteiger partial charge >= 0.3 is 0 Å². The summed E-state index contributed by atoms with van der Waals surface area (Å²) in [4.78, 5) is 11.7. The lowest BCUT2D eigenvalue weighted by Crippen LogP contribution is -2.60. The molecule has 9 heteroatoms. The molecule has 0 aromatic heterocycles. The summed E-state index contributed by atoms with van der Waals surface area (Å²) in [5, 5.41) is 11.8. The summed E-state index contributed by atoms with van der Waals surface area (Å²) in [6.45, 7) is 1.26. The van der Waals surface area contributed by atoms with E-state index < -0.39 is 26.7 Å². The van der Waals surface area contributed by atoms with E-state index in [1.807, 2.05) is 0 Å². The molecular formula is C21H27N3O5S. The molecule has 1 aliphatic rings. The van der Waals surface area contributed by atoms with Gasteiger partial charge in [0.15, 0.2) is 4.87 Å². The molecule has 162 valence electrons. The number of ether oxygens (including phenoxy) is 2. The minimum absolute atomic E-state index is 0.111. The van der Waals surface area contributed by atoms with E-state index in [2.05, 4.69) is 10.6 Å². The summed E-state index contributed by atoms with van der Waals surface area (Å²) in [7, 11) is -1.40. The SMILES string of the molecule is COc1cccc(OC)c1C(=O)NC(c1ccccc1)(C1CCNCC1)S(N)(=O)=O. The van der Waals surface area contributed by atoms with E-state index in [0.29, 0.717) is 31.5 Å². The number of hydrogen-bond acceptors (Lipinski definition) is 6. The number of methoxy groups -OCH3 is 2. The van der Waals surface area contributed by atoms with Gasteiger partial charge in [0.1, 0.15) is 17.1 Å². The van der Waals surface area contributed by atoms with Gasteiger partial charge in [0.05, 0.1) is 14.2 Å². The van der Waals surface area contributed by atoms with Gasteiger partial charge in [-0.25, -0.2) is 13.6 Å². The monoisotopic (exact) mass is 433 g/mol. The van der Waals surface area contributed by atoms with E-state index in [0.717, 1.165) is 0 Å². The number of nitrogens with one attached hydrogen (secondary N) is 2. The lowest BCUT2D eigenvalue weighted by atomic mass is 9.84. The number of hydrogen-bond donors (Lipinski definition) is 3. The first kappa shape index (κ1) is 22.1. The third-order valence-electron chi connectivity index (χ3n) is 5.52. The van der Waals surface area contributed by atoms with Crippen molar-refractivity contribution in [3.05, 3.63) is 59.7 Å². The molecule has 2 aromatic rings. The maximum atomic E-state index is 13.5. The highest BCUT2D eigenvalue weighted by atomic mass is 32.2. The Morgan fingerprint density at radius 2 is 1.60 bits per heavy atom. The van der Waals surface area contributed by atoms with Gasteiger partial charge in [0.25, 0.3) is 5.91 Å². The highest BCUT2D eigenvalue weighted by molar-refractivity contribution is 7.90. The molecule has 1 saturated heterocycles. The van der Waals surface area contributed by atoms with Crippen molar-refractivity contribution in [2.75, 3.05) is 27.3 Å². The van der Waals surface area contributed by atoms with Crippen molar-refractivity contribution >= 4 is 15.9 Å². The summed E-state index contributed by atoms with van der Waals surface area (Å²) >= 11 is 0. The predicted molar refractivity (Wildman–Crippen MR) is 114 cm³/mol. The van der Waals surface area contributed by atoms with E-state index in [4.69, 9.17) is 14.6 Å². The van der Waals surface area contributed by atoms with Crippen LogP contribution in [-0.2, 0) is 14.9 Å². The van der Waals surface area contributed by atoms with Crippen LogP contribution in [0, 0.1) is 5.92 Å². The molecule has 0 saturated carbocycles. The van der Waals surface area contributed by atoms with Gasteiger partial charge in [-0.1, -0.05) is 36.4 Å². The first-order chi connectivity index (χ1) is 14.3. The van der Waals surface area contributed by atoms with Crippen LogP contribution < -0.4 is 25.2 Å². The second kappa shape index (κ2) is 9.03. The maximum Gasteiger partial charge on any atom is 0.260 e. The topological polar surface area (TPSA) is 120 Å². The molecule has 30 heavy (non-hydrogen) atoms. The number of piperidine rings is 1. The smallest absolute Gasteiger partial charge is 0.260 e. The van der Waals surface area contributed by atoms with Crippen LogP contribution in [-0.4, -0.2) is 41.6 Å². The van der Waals surface area contributed by atoms with Crippen LogP contribution in [0.15, 0.2) is 48.5 Å². The van der Waals surface area contributed by atoms with Crippen LogP contribution in [0.5, 0.6) is 11.5 Å². The Kier molecular flexibility index (Phi) is 6.64. The van der Waals surface area contributed by atoms with Gasteiger partial charge in [-0.2, -0.15) is 0 Å². The Balaban J connectivity index is 2.18. The van der Waals surface area contributed by atoms with Gasteiger partial charge in [-0.05, 0) is 43.6 Å². The Labute approximate surface area is 176 Å². The molecule has 3 rings (SSSR count). The van der Waals surface area contributed by atoms with Gasteiger partial charge in [-0.3, -0.25) is 4.79 Å². The van der Waals surface area contributed by atoms with Crippen molar-refractivity contribution in [1.82, 2.24) is 10.6 Å². The van der Waals surface area contributed by atoms with Crippen LogP contribution in [0.1, 0.15) is 28.8 Å². The van der Waals surface area contributed by atoms with Crippen LogP contribution in [0.25, 0.3) is 0 Å². The summed E-state index contributed by atoms with van der Waals surface area (Å²) in [5.74, 6) is -0.511. The third kappa shape index (κ3) is 4.00. The average molecular weight is 434 g/mol. The van der Waals surface area contributed by atoms with Crippen molar-refractivity contribution in [3.8, 4) is 11.5 Å². The van der Waals surface area contributed by atoms with Gasteiger partial charge in [0, 0.05) is 5.92 Å². The highest BCUT2D eigenvalue weighted by Crippen LogP contribution is 2.40. The molecule has 1 unspecified atom stereocenters. The zero-order valence-corrected chi connectivity index (χ0v) is 17.9. The molecule has 0 radical (unpaired) electrons. The summed E-state index contributed by atoms with van der Waals surface area (Å²) in [5.41, 5.74) is 0.530. The molecular weight excluding hydrogens is 406 g/mol. The maximum absolute atomic E-state index is 13.5. The van der Waals surface area contributed by atoms with Gasteiger partial charge < -0.3 is 20.1 Å². The molecule has 0 aliphatic carbocycles. The lowest BCUT2D eigenvalue weighted by molar-refractivity contribution is 0.0884. The molecule has 1 aliphatic heterocycles. The van der Waals surface area contributed by atoms with Crippen molar-refractivity contribution in [2.45, 2.75) is 17.7 Å². The minimum atomic E-state index is -4.26. The second-order valence-electron chi connectivity index (χ2n) is 7.16. The molecule has 0 bridgehead atoms. The van der Waals surface area contributed by atoms with Crippen molar-refractivity contribution in [3.63, 3.8) is 0 Å². The van der Waals surface area contributed by atoms with Crippen LogP contribution in [0.4, 0.5) is 0 Å². The zero-order valence-electron chi connectivity index (χ0n) is 17.1. The Morgan fingerprint density at radius 3 is 2.10 bits per heavy atom. The molecule has 1 atom stereocenters. The normalized spacial score (nSPS) is 17.0. The average Bonchev–Trinajstić information content (AvgIpc) is 2.77. The summed E-state index contributed by atoms with van der Waals surface area (Å²) in [6, 6.07) is 13.5. The fourth-order valence-electron chi connectivity index (χ4n) is 4.10. The quantitative estimate of drug-likeness (QED) is 0.610. The van der Waals surface area contributed by atoms with Crippen LogP contribution in [0.2, 0.25) is 0 Å². The number of carbonyl (C=O) groups is 1. The Morgan fingerprint density at radius 1 is 1.03 bits per heavy atom. The van der Waals surface area contributed by atoms with Gasteiger partial charge in [0.2, 0.25) is 10.0 Å². The van der Waals surface area contributed by atoms with Gasteiger partial charge in [-0.15, -0.1) is 0 Å². The number of benzene rings is 2. The molecule has 2 aromatic carbocycles. The molecule has 8 nitrogen and oxygen atoms in total. The van der Waals surface area contributed by atoms with Crippen molar-refractivity contribution < 1.29 is 22.7 Å². The molecule has 4 N–H and O–H groups in total. The number of amides is 1. The fraction of sp³-hybridized carbons (Fsp3) is 0.381. The first-order valence-electron chi connectivity index (χ1n) is 9.67. The van der Waals surface area contributed by atoms with Crippen LogP contribution in [0.3, 0.4) is 0 Å². The van der Waals surface area contributed by atoms with Crippen molar-refractivity contribution in [1.29, 1.82) is 0 Å². The zero-order chi connectivity index (χ0) is 21.8. The van der Waals surface area contributed by atoms with Crippen LogP contribution >= 0.6 is 0 Å². The lowest BCUT2D eigenvalue weighted by Gasteiger charge is -2.41. The fourth-order valence-corrected chi connectivity index (χ4v) is 5.50. The number of carbonyl (C=O) groups excluding carboxylic acids is 1. The van der Waals surface area contributed by atoms with E-state index >= 15 is 0 Å². The van der Waals surface area contributed by atoms with E-state index in [1.54, 1.807) is 48.5 Å². The standard InChI is InChI=1S/C21H27N3O5S/c1-28-17-9-6-10-18(29-2)19(17)20(25)24-21(30(22,26)27,15-7-4-3-5-8-15)16-11-13-23-14-12-16/h3-10,16,23H,11-14H2,1-2H3,(H,24,25)(H2,22,26,27). The molecule has 1 amide bonds. The summed E-state index contributed by atoms with van der Waals surface area (Å²) < 4.78 is 36.9. The highest BCUT2D eigenvalue weighted by Gasteiger charge is 2.51. The first-order valence-corrected chi connectivity index (χ1v) is 11.2. The van der Waals surface area contributed by atoms with E-state index in [-0.39, 0.29) is 17.1 Å². The van der Waals surface area contributed by atoms with E-state index in [9.17, 15) is 13.2 Å². The molecule has 1 fully saturated rings. The molecule has 0 spiro atoms. The minimum Gasteiger partial charge on any atom is -0.496 e. The Bertz CT molecular complexity index is 969. The van der Waals surface area contributed by atoms with E-state index in [1.165, 1.54) is 14.2 Å². The van der Waals surface area contributed by atoms with Crippen molar-refractivity contribution in [2.24, 2.45) is 11.1 Å². The number of rotatable bonds is 7. The third-order valence-corrected chi connectivity index (χ3v) is 7.09. The molecule has 1 heterocycles.